The number of carbonyl (C=O) groups excluding carboxylic acids is 1. The third-order valence-electron chi connectivity index (χ3n) is 5.53. The van der Waals surface area contributed by atoms with Crippen molar-refractivity contribution in [2.75, 3.05) is 18.4 Å². The molecule has 1 aromatic heterocycles. The monoisotopic (exact) mass is 481 g/mol. The van der Waals surface area contributed by atoms with Crippen molar-refractivity contribution in [2.45, 2.75) is 40.9 Å². The summed E-state index contributed by atoms with van der Waals surface area (Å²) in [5.41, 5.74) is 1.56. The fourth-order valence-electron chi connectivity index (χ4n) is 3.77. The maximum Gasteiger partial charge on any atom is 0.244 e. The van der Waals surface area contributed by atoms with Gasteiger partial charge in [-0.25, -0.2) is 13.4 Å². The number of nitrogens with one attached hydrogen (secondary N) is 1. The largest absolute Gasteiger partial charge is 0.325 e. The molecule has 0 saturated carbocycles. The number of hydrogen-bond donors (Lipinski definition) is 1. The van der Waals surface area contributed by atoms with Crippen molar-refractivity contribution in [2.24, 2.45) is 0 Å². The molecule has 3 aromatic rings. The van der Waals surface area contributed by atoms with E-state index in [1.165, 1.54) is 18.0 Å². The first kappa shape index (κ1) is 23.5. The SMILES string of the molecule is O=C(Nc1ccccc1)C(Sc1ccc(S(=O)(=O)N2CCCCCC2)cn1)c1ccccc1. The third kappa shape index (κ3) is 6.01. The van der Waals surface area contributed by atoms with Crippen LogP contribution < -0.4 is 5.32 Å². The summed E-state index contributed by atoms with van der Waals surface area (Å²) in [6.07, 6.45) is 5.29. The maximum absolute atomic E-state index is 13.1. The van der Waals surface area contributed by atoms with Crippen molar-refractivity contribution in [3.8, 4) is 0 Å². The van der Waals surface area contributed by atoms with E-state index in [0.717, 1.165) is 36.9 Å². The van der Waals surface area contributed by atoms with Gasteiger partial charge in [0.15, 0.2) is 0 Å². The Morgan fingerprint density at radius 3 is 2.12 bits per heavy atom. The number of aromatic nitrogens is 1. The first-order valence-corrected chi connectivity index (χ1v) is 13.4. The summed E-state index contributed by atoms with van der Waals surface area (Å²) >= 11 is 1.30. The first-order valence-electron chi connectivity index (χ1n) is 11.1. The number of pyridine rings is 1. The summed E-state index contributed by atoms with van der Waals surface area (Å²) in [4.78, 5) is 17.7. The lowest BCUT2D eigenvalue weighted by Crippen LogP contribution is -2.32. The Morgan fingerprint density at radius 1 is 0.879 bits per heavy atom. The molecule has 4 rings (SSSR count). The van der Waals surface area contributed by atoms with Crippen molar-refractivity contribution in [1.82, 2.24) is 9.29 Å². The summed E-state index contributed by atoms with van der Waals surface area (Å²) in [5, 5.41) is 3.01. The van der Waals surface area contributed by atoms with Crippen LogP contribution in [0.25, 0.3) is 0 Å². The number of benzene rings is 2. The number of carbonyl (C=O) groups is 1. The summed E-state index contributed by atoms with van der Waals surface area (Å²) in [6, 6.07) is 22.1. The number of sulfonamides is 1. The van der Waals surface area contributed by atoms with E-state index >= 15 is 0 Å². The number of hydrogen-bond acceptors (Lipinski definition) is 5. The molecule has 1 fully saturated rings. The smallest absolute Gasteiger partial charge is 0.244 e. The molecule has 2 heterocycles. The summed E-state index contributed by atoms with van der Waals surface area (Å²) in [7, 11) is -3.56. The molecule has 1 saturated heterocycles. The molecule has 1 N–H and O–H groups in total. The maximum atomic E-state index is 13.1. The fraction of sp³-hybridized carbons (Fsp3) is 0.280. The highest BCUT2D eigenvalue weighted by molar-refractivity contribution is 8.00. The molecule has 6 nitrogen and oxygen atoms in total. The van der Waals surface area contributed by atoms with E-state index in [1.54, 1.807) is 16.4 Å². The van der Waals surface area contributed by atoms with Crippen LogP contribution in [0.5, 0.6) is 0 Å². The minimum atomic E-state index is -3.56. The Bertz CT molecular complexity index is 1150. The second-order valence-electron chi connectivity index (χ2n) is 7.91. The molecule has 1 amide bonds. The van der Waals surface area contributed by atoms with Crippen molar-refractivity contribution in [3.05, 3.63) is 84.6 Å². The van der Waals surface area contributed by atoms with Gasteiger partial charge >= 0.3 is 0 Å². The summed E-state index contributed by atoms with van der Waals surface area (Å²) in [6.45, 7) is 1.10. The summed E-state index contributed by atoms with van der Waals surface area (Å²) in [5.74, 6) is -0.166. The molecular weight excluding hydrogens is 454 g/mol. The normalized spacial score (nSPS) is 16.0. The van der Waals surface area contributed by atoms with E-state index in [-0.39, 0.29) is 10.8 Å². The molecule has 1 atom stereocenters. The van der Waals surface area contributed by atoms with Crippen molar-refractivity contribution < 1.29 is 13.2 Å². The van der Waals surface area contributed by atoms with E-state index in [2.05, 4.69) is 10.3 Å². The first-order chi connectivity index (χ1) is 16.0. The lowest BCUT2D eigenvalue weighted by molar-refractivity contribution is -0.115. The lowest BCUT2D eigenvalue weighted by atomic mass is 10.1. The average molecular weight is 482 g/mol. The van der Waals surface area contributed by atoms with E-state index < -0.39 is 15.3 Å². The Kier molecular flexibility index (Phi) is 7.80. The molecular formula is C25H27N3O3S2. The van der Waals surface area contributed by atoms with Gasteiger partial charge in [0.25, 0.3) is 0 Å². The quantitative estimate of drug-likeness (QED) is 0.474. The molecule has 1 aliphatic rings. The van der Waals surface area contributed by atoms with Gasteiger partial charge < -0.3 is 5.32 Å². The van der Waals surface area contributed by atoms with Gasteiger partial charge in [0.2, 0.25) is 15.9 Å². The number of amides is 1. The predicted octanol–water partition coefficient (Wildman–Crippen LogP) is 5.12. The van der Waals surface area contributed by atoms with Gasteiger partial charge in [-0.2, -0.15) is 4.31 Å². The van der Waals surface area contributed by atoms with Crippen molar-refractivity contribution >= 4 is 33.4 Å². The van der Waals surface area contributed by atoms with Crippen LogP contribution in [-0.2, 0) is 14.8 Å². The zero-order valence-corrected chi connectivity index (χ0v) is 19.9. The number of rotatable bonds is 7. The van der Waals surface area contributed by atoms with Crippen molar-refractivity contribution in [1.29, 1.82) is 0 Å². The molecule has 1 aliphatic heterocycles. The van der Waals surface area contributed by atoms with Gasteiger partial charge in [0, 0.05) is 25.0 Å². The van der Waals surface area contributed by atoms with Gasteiger partial charge in [-0.1, -0.05) is 73.1 Å². The van der Waals surface area contributed by atoms with E-state index in [9.17, 15) is 13.2 Å². The zero-order valence-electron chi connectivity index (χ0n) is 18.3. The van der Waals surface area contributed by atoms with E-state index in [4.69, 9.17) is 0 Å². The van der Waals surface area contributed by atoms with Gasteiger partial charge in [-0.15, -0.1) is 0 Å². The summed E-state index contributed by atoms with van der Waals surface area (Å²) < 4.78 is 27.6. The van der Waals surface area contributed by atoms with Crippen LogP contribution in [0.4, 0.5) is 5.69 Å². The van der Waals surface area contributed by atoms with Crippen LogP contribution in [0.2, 0.25) is 0 Å². The van der Waals surface area contributed by atoms with Gasteiger partial charge in [-0.05, 0) is 42.7 Å². The average Bonchev–Trinajstić information content (AvgIpc) is 3.14. The van der Waals surface area contributed by atoms with Crippen LogP contribution >= 0.6 is 11.8 Å². The number of thioether (sulfide) groups is 1. The minimum absolute atomic E-state index is 0.166. The minimum Gasteiger partial charge on any atom is -0.325 e. The second kappa shape index (κ2) is 11.0. The molecule has 0 bridgehead atoms. The number of nitrogens with zero attached hydrogens (tertiary/aromatic N) is 2. The topological polar surface area (TPSA) is 79.4 Å². The Balaban J connectivity index is 1.53. The molecule has 33 heavy (non-hydrogen) atoms. The van der Waals surface area contributed by atoms with E-state index in [0.29, 0.717) is 18.1 Å². The molecule has 1 unspecified atom stereocenters. The van der Waals surface area contributed by atoms with Crippen LogP contribution in [0.1, 0.15) is 36.5 Å². The lowest BCUT2D eigenvalue weighted by Gasteiger charge is -2.20. The fourth-order valence-corrected chi connectivity index (χ4v) is 6.19. The highest BCUT2D eigenvalue weighted by Gasteiger charge is 2.27. The molecule has 0 radical (unpaired) electrons. The molecule has 172 valence electrons. The highest BCUT2D eigenvalue weighted by Crippen LogP contribution is 2.35. The molecule has 0 aliphatic carbocycles. The Labute approximate surface area is 199 Å². The third-order valence-corrected chi connectivity index (χ3v) is 8.62. The van der Waals surface area contributed by atoms with Crippen LogP contribution in [0.3, 0.4) is 0 Å². The van der Waals surface area contributed by atoms with Gasteiger partial charge in [-0.3, -0.25) is 4.79 Å². The zero-order chi connectivity index (χ0) is 23.1. The standard InChI is InChI=1S/C25H27N3O3S2/c29-25(27-21-13-7-4-8-14-21)24(20-11-5-3-6-12-20)32-23-16-15-22(19-26-23)33(30,31)28-17-9-1-2-10-18-28/h3-8,11-16,19,24H,1-2,9-10,17-18H2,(H,27,29). The van der Waals surface area contributed by atoms with E-state index in [1.807, 2.05) is 60.7 Å². The number of para-hydroxylation sites is 1. The molecule has 2 aromatic carbocycles. The Morgan fingerprint density at radius 2 is 1.52 bits per heavy atom. The predicted molar refractivity (Wildman–Crippen MR) is 132 cm³/mol. The van der Waals surface area contributed by atoms with Gasteiger partial charge in [0.1, 0.15) is 10.1 Å². The molecule has 8 heteroatoms. The second-order valence-corrected chi connectivity index (χ2v) is 11.0. The molecule has 0 spiro atoms. The van der Waals surface area contributed by atoms with Crippen molar-refractivity contribution in [3.63, 3.8) is 0 Å². The van der Waals surface area contributed by atoms with Crippen LogP contribution in [-0.4, -0.2) is 36.7 Å². The van der Waals surface area contributed by atoms with Crippen LogP contribution in [0, 0.1) is 0 Å². The Hall–Kier alpha value is -2.68. The number of anilines is 1. The van der Waals surface area contributed by atoms with Crippen LogP contribution in [0.15, 0.2) is 88.9 Å². The van der Waals surface area contributed by atoms with Gasteiger partial charge in [0.05, 0.1) is 5.03 Å². The highest BCUT2D eigenvalue weighted by atomic mass is 32.2.